The van der Waals surface area contributed by atoms with Gasteiger partial charge in [0, 0.05) is 16.6 Å². The molecule has 0 aliphatic carbocycles. The molecule has 0 unspecified atom stereocenters. The van der Waals surface area contributed by atoms with Crippen LogP contribution in [0.4, 0.5) is 24.5 Å². The summed E-state index contributed by atoms with van der Waals surface area (Å²) in [5.74, 6) is -3.65. The van der Waals surface area contributed by atoms with Crippen LogP contribution in [0.25, 0.3) is 0 Å². The first-order valence-corrected chi connectivity index (χ1v) is 11.9. The third kappa shape index (κ3) is 2.74. The number of benzene rings is 2. The molecule has 4 atom stereocenters. The fraction of sp³-hybridized carbons (Fsp3) is 0.375. The maximum Gasteiger partial charge on any atom is 0.417 e. The Bertz CT molecular complexity index is 1350. The van der Waals surface area contributed by atoms with Gasteiger partial charge in [0.25, 0.3) is 0 Å². The van der Waals surface area contributed by atoms with Crippen LogP contribution in [0.5, 0.6) is 0 Å². The zero-order valence-corrected chi connectivity index (χ0v) is 19.8. The van der Waals surface area contributed by atoms with E-state index in [1.54, 1.807) is 19.1 Å². The van der Waals surface area contributed by atoms with Gasteiger partial charge >= 0.3 is 6.18 Å². The number of nitrogens with zero attached hydrogens (tertiary/aromatic N) is 2. The lowest BCUT2D eigenvalue weighted by Crippen LogP contribution is -2.54. The first kappa shape index (κ1) is 22.8. The van der Waals surface area contributed by atoms with Crippen LogP contribution in [0.2, 0.25) is 10.0 Å². The van der Waals surface area contributed by atoms with Gasteiger partial charge in [0.15, 0.2) is 0 Å². The number of nitrogens with one attached hydrogen (secondary N) is 1. The Morgan fingerprint density at radius 1 is 1.06 bits per heavy atom. The quantitative estimate of drug-likeness (QED) is 0.547. The van der Waals surface area contributed by atoms with Gasteiger partial charge in [-0.2, -0.15) is 13.2 Å². The van der Waals surface area contributed by atoms with Gasteiger partial charge < -0.3 is 5.32 Å². The van der Waals surface area contributed by atoms with E-state index in [4.69, 9.17) is 23.2 Å². The number of hydrogen-bond acceptors (Lipinski definition) is 4. The molecular formula is C24H18Cl2F3N3O3. The minimum atomic E-state index is -4.76. The summed E-state index contributed by atoms with van der Waals surface area (Å²) in [6.07, 6.45) is -3.44. The molecule has 2 aromatic carbocycles. The summed E-state index contributed by atoms with van der Waals surface area (Å²) in [6.45, 7) is 2.28. The van der Waals surface area contributed by atoms with Crippen LogP contribution >= 0.6 is 23.2 Å². The third-order valence-electron chi connectivity index (χ3n) is 7.88. The van der Waals surface area contributed by atoms with Crippen molar-refractivity contribution in [2.45, 2.75) is 37.5 Å². The maximum atomic E-state index is 13.9. The Labute approximate surface area is 208 Å². The van der Waals surface area contributed by atoms with Crippen LogP contribution in [0.15, 0.2) is 30.3 Å². The predicted molar refractivity (Wildman–Crippen MR) is 122 cm³/mol. The summed E-state index contributed by atoms with van der Waals surface area (Å²) in [7, 11) is 0. The minimum Gasteiger partial charge on any atom is -0.324 e. The monoisotopic (exact) mass is 523 g/mol. The van der Waals surface area contributed by atoms with Crippen molar-refractivity contribution in [2.75, 3.05) is 16.8 Å². The van der Waals surface area contributed by atoms with Crippen molar-refractivity contribution < 1.29 is 27.6 Å². The van der Waals surface area contributed by atoms with Gasteiger partial charge in [0.05, 0.1) is 33.8 Å². The van der Waals surface area contributed by atoms with E-state index in [2.05, 4.69) is 5.32 Å². The molecule has 6 rings (SSSR count). The number of imide groups is 1. The Hall–Kier alpha value is -2.62. The molecule has 4 aliphatic heterocycles. The molecule has 11 heteroatoms. The second kappa shape index (κ2) is 7.21. The number of fused-ring (bicyclic) bond motifs is 7. The maximum absolute atomic E-state index is 13.9. The Kier molecular flexibility index (Phi) is 4.70. The molecule has 3 saturated heterocycles. The summed E-state index contributed by atoms with van der Waals surface area (Å²) in [5.41, 5.74) is -1.05. The minimum absolute atomic E-state index is 0.211. The van der Waals surface area contributed by atoms with Crippen molar-refractivity contribution in [1.82, 2.24) is 4.90 Å². The number of alkyl halides is 3. The topological polar surface area (TPSA) is 69.7 Å². The summed E-state index contributed by atoms with van der Waals surface area (Å²) in [5, 5.41) is 2.79. The average Bonchev–Trinajstić information content (AvgIpc) is 3.49. The van der Waals surface area contributed by atoms with Gasteiger partial charge in [-0.25, -0.2) is 4.90 Å². The van der Waals surface area contributed by atoms with Gasteiger partial charge in [-0.3, -0.25) is 19.3 Å². The first-order chi connectivity index (χ1) is 16.5. The molecule has 1 N–H and O–H groups in total. The summed E-state index contributed by atoms with van der Waals surface area (Å²) in [6, 6.07) is 5.93. The normalized spacial score (nSPS) is 29.7. The Balaban J connectivity index is 1.53. The lowest BCUT2D eigenvalue weighted by molar-refractivity contribution is -0.137. The molecule has 6 nitrogen and oxygen atoms in total. The van der Waals surface area contributed by atoms with Crippen LogP contribution in [-0.2, 0) is 26.1 Å². The lowest BCUT2D eigenvalue weighted by atomic mass is 9.75. The molecule has 0 saturated carbocycles. The van der Waals surface area contributed by atoms with Crippen LogP contribution in [0.1, 0.15) is 29.5 Å². The molecule has 4 heterocycles. The van der Waals surface area contributed by atoms with Crippen molar-refractivity contribution in [2.24, 2.45) is 11.8 Å². The van der Waals surface area contributed by atoms with Crippen molar-refractivity contribution >= 4 is 52.3 Å². The number of carbonyl (C=O) groups excluding carboxylic acids is 3. The van der Waals surface area contributed by atoms with Gasteiger partial charge in [0.2, 0.25) is 17.7 Å². The summed E-state index contributed by atoms with van der Waals surface area (Å²) < 4.78 is 40.5. The van der Waals surface area contributed by atoms with E-state index in [-0.39, 0.29) is 11.7 Å². The largest absolute Gasteiger partial charge is 0.417 e. The van der Waals surface area contributed by atoms with E-state index in [0.29, 0.717) is 40.9 Å². The van der Waals surface area contributed by atoms with Crippen molar-refractivity contribution in [3.8, 4) is 0 Å². The van der Waals surface area contributed by atoms with E-state index in [1.807, 2.05) is 4.90 Å². The molecule has 0 bridgehead atoms. The summed E-state index contributed by atoms with van der Waals surface area (Å²) in [4.78, 5) is 44.0. The van der Waals surface area contributed by atoms with E-state index < -0.39 is 51.9 Å². The molecule has 4 aliphatic rings. The predicted octanol–water partition coefficient (Wildman–Crippen LogP) is 4.75. The zero-order valence-electron chi connectivity index (χ0n) is 18.2. The van der Waals surface area contributed by atoms with Gasteiger partial charge in [0.1, 0.15) is 5.54 Å². The third-order valence-corrected chi connectivity index (χ3v) is 8.61. The van der Waals surface area contributed by atoms with Crippen LogP contribution in [0, 0.1) is 18.8 Å². The van der Waals surface area contributed by atoms with Crippen LogP contribution < -0.4 is 10.2 Å². The van der Waals surface area contributed by atoms with E-state index >= 15 is 0 Å². The number of rotatable bonds is 1. The van der Waals surface area contributed by atoms with Crippen molar-refractivity contribution in [1.29, 1.82) is 0 Å². The fourth-order valence-electron chi connectivity index (χ4n) is 6.51. The van der Waals surface area contributed by atoms with E-state index in [9.17, 15) is 27.6 Å². The number of anilines is 2. The number of hydrogen-bond donors (Lipinski definition) is 1. The SMILES string of the molecule is Cc1c(Cl)ccc2c1NC(=O)[C@@]21[C@@H]2C(=O)N(c3ccc(Cl)c(C(F)(F)F)c3)C(=O)[C@@H]2[C@H]2CCCN21. The fourth-order valence-corrected chi connectivity index (χ4v) is 6.90. The standard InChI is InChI=1S/C24H18Cl2F3N3O3/c1-10-14(25)7-5-12-19(10)30-22(35)23(12)18-17(16-3-2-8-31(16)23)20(33)32(21(18)34)11-4-6-15(26)13(9-11)24(27,28)29/h4-7,9,16-18H,2-3,8H2,1H3,(H,30,35)/t16-,17-,18+,23+/m1/s1. The highest BCUT2D eigenvalue weighted by atomic mass is 35.5. The van der Waals surface area contributed by atoms with Crippen LogP contribution in [-0.4, -0.2) is 35.2 Å². The highest BCUT2D eigenvalue weighted by Gasteiger charge is 2.74. The Morgan fingerprint density at radius 2 is 1.77 bits per heavy atom. The number of amides is 3. The van der Waals surface area contributed by atoms with E-state index in [1.165, 1.54) is 6.07 Å². The second-order valence-electron chi connectivity index (χ2n) is 9.40. The molecular weight excluding hydrogens is 506 g/mol. The molecule has 3 fully saturated rings. The molecule has 0 aromatic heterocycles. The molecule has 1 spiro atoms. The number of carbonyl (C=O) groups is 3. The van der Waals surface area contributed by atoms with Gasteiger partial charge in [-0.05, 0) is 56.1 Å². The highest BCUT2D eigenvalue weighted by Crippen LogP contribution is 2.61. The van der Waals surface area contributed by atoms with Crippen molar-refractivity contribution in [3.05, 3.63) is 57.1 Å². The summed E-state index contributed by atoms with van der Waals surface area (Å²) >= 11 is 12.0. The van der Waals surface area contributed by atoms with E-state index in [0.717, 1.165) is 17.4 Å². The number of halogens is 5. The average molecular weight is 524 g/mol. The second-order valence-corrected chi connectivity index (χ2v) is 10.2. The highest BCUT2D eigenvalue weighted by molar-refractivity contribution is 6.33. The molecule has 0 radical (unpaired) electrons. The smallest absolute Gasteiger partial charge is 0.324 e. The molecule has 35 heavy (non-hydrogen) atoms. The molecule has 3 amide bonds. The molecule has 2 aromatic rings. The van der Waals surface area contributed by atoms with Gasteiger partial charge in [-0.15, -0.1) is 0 Å². The first-order valence-electron chi connectivity index (χ1n) is 11.1. The zero-order chi connectivity index (χ0) is 25.0. The van der Waals surface area contributed by atoms with Crippen LogP contribution in [0.3, 0.4) is 0 Å². The lowest BCUT2D eigenvalue weighted by Gasteiger charge is -2.36. The molecule has 182 valence electrons. The van der Waals surface area contributed by atoms with Gasteiger partial charge in [-0.1, -0.05) is 29.3 Å². The van der Waals surface area contributed by atoms with Crippen molar-refractivity contribution in [3.63, 3.8) is 0 Å². The Morgan fingerprint density at radius 3 is 2.49 bits per heavy atom.